The van der Waals surface area contributed by atoms with Gasteiger partial charge in [-0.2, -0.15) is 0 Å². The first kappa shape index (κ1) is 10.1. The Balaban J connectivity index is 2.96. The van der Waals surface area contributed by atoms with Crippen molar-refractivity contribution in [2.75, 3.05) is 6.61 Å². The molecule has 1 radical (unpaired) electrons. The maximum atomic E-state index is 5.46. The van der Waals surface area contributed by atoms with Gasteiger partial charge in [-0.3, -0.25) is 0 Å². The standard InChI is InChI=1S/C12H17O/c1-5-13-12-7-10(4)6-11(8-12)9(2)3/h6-8H,5H2,1-4H3. The first-order valence-electron chi connectivity index (χ1n) is 4.68. The summed E-state index contributed by atoms with van der Waals surface area (Å²) in [5.41, 5.74) is 2.52. The van der Waals surface area contributed by atoms with Crippen LogP contribution in [0, 0.1) is 12.8 Å². The molecular formula is C12H17O. The van der Waals surface area contributed by atoms with Crippen LogP contribution in [0.4, 0.5) is 0 Å². The fourth-order valence-electron chi connectivity index (χ4n) is 1.29. The lowest BCUT2D eigenvalue weighted by Gasteiger charge is -2.09. The van der Waals surface area contributed by atoms with Crippen molar-refractivity contribution < 1.29 is 4.74 Å². The number of ether oxygens (including phenoxy) is 1. The monoisotopic (exact) mass is 177 g/mol. The quantitative estimate of drug-likeness (QED) is 0.688. The molecule has 0 aliphatic carbocycles. The van der Waals surface area contributed by atoms with Gasteiger partial charge in [0.05, 0.1) is 6.61 Å². The van der Waals surface area contributed by atoms with E-state index in [0.717, 1.165) is 12.4 Å². The molecule has 0 atom stereocenters. The molecule has 0 aliphatic rings. The molecule has 0 bridgehead atoms. The second-order valence-corrected chi connectivity index (χ2v) is 3.47. The summed E-state index contributed by atoms with van der Waals surface area (Å²) in [5.74, 6) is 2.29. The van der Waals surface area contributed by atoms with Gasteiger partial charge in [-0.1, -0.05) is 19.9 Å². The van der Waals surface area contributed by atoms with Gasteiger partial charge in [0.15, 0.2) is 0 Å². The van der Waals surface area contributed by atoms with Gasteiger partial charge in [0.2, 0.25) is 0 Å². The molecule has 0 fully saturated rings. The van der Waals surface area contributed by atoms with Crippen LogP contribution in [0.5, 0.6) is 5.75 Å². The summed E-state index contributed by atoms with van der Waals surface area (Å²) < 4.78 is 5.46. The van der Waals surface area contributed by atoms with Crippen LogP contribution in [-0.4, -0.2) is 6.61 Å². The zero-order valence-corrected chi connectivity index (χ0v) is 8.85. The minimum Gasteiger partial charge on any atom is -0.494 e. The average Bonchev–Trinajstić information content (AvgIpc) is 2.03. The molecule has 0 spiro atoms. The van der Waals surface area contributed by atoms with Crippen LogP contribution in [0.3, 0.4) is 0 Å². The molecule has 1 aromatic carbocycles. The topological polar surface area (TPSA) is 9.23 Å². The summed E-state index contributed by atoms with van der Waals surface area (Å²) in [6.45, 7) is 9.06. The number of benzene rings is 1. The molecule has 1 heteroatoms. The molecule has 0 saturated heterocycles. The van der Waals surface area contributed by atoms with Crippen LogP contribution >= 0.6 is 0 Å². The molecule has 0 aliphatic heterocycles. The van der Waals surface area contributed by atoms with E-state index < -0.39 is 0 Å². The van der Waals surface area contributed by atoms with E-state index >= 15 is 0 Å². The number of hydrogen-bond donors (Lipinski definition) is 0. The van der Waals surface area contributed by atoms with Gasteiger partial charge in [-0.15, -0.1) is 0 Å². The summed E-state index contributed by atoms with van der Waals surface area (Å²) in [6.07, 6.45) is 0. The Labute approximate surface area is 80.7 Å². The summed E-state index contributed by atoms with van der Waals surface area (Å²) >= 11 is 0. The predicted octanol–water partition coefficient (Wildman–Crippen LogP) is 3.36. The molecule has 1 rings (SSSR count). The van der Waals surface area contributed by atoms with Crippen LogP contribution in [0.1, 0.15) is 31.9 Å². The summed E-state index contributed by atoms with van der Waals surface area (Å²) in [5, 5.41) is 0. The lowest BCUT2D eigenvalue weighted by molar-refractivity contribution is 0.340. The van der Waals surface area contributed by atoms with Crippen molar-refractivity contribution in [2.24, 2.45) is 0 Å². The third-order valence-corrected chi connectivity index (χ3v) is 1.94. The zero-order valence-electron chi connectivity index (χ0n) is 8.85. The molecule has 0 N–H and O–H groups in total. The normalized spacial score (nSPS) is 10.5. The van der Waals surface area contributed by atoms with Gasteiger partial charge in [0.25, 0.3) is 0 Å². The fraction of sp³-hybridized carbons (Fsp3) is 0.417. The van der Waals surface area contributed by atoms with Gasteiger partial charge in [-0.25, -0.2) is 0 Å². The maximum Gasteiger partial charge on any atom is 0.119 e. The predicted molar refractivity (Wildman–Crippen MR) is 56.0 cm³/mol. The van der Waals surface area contributed by atoms with E-state index in [0.29, 0.717) is 0 Å². The Morgan fingerprint density at radius 3 is 2.46 bits per heavy atom. The molecule has 0 unspecified atom stereocenters. The largest absolute Gasteiger partial charge is 0.494 e. The fourth-order valence-corrected chi connectivity index (χ4v) is 1.29. The first-order valence-corrected chi connectivity index (χ1v) is 4.68. The van der Waals surface area contributed by atoms with Crippen molar-refractivity contribution >= 4 is 0 Å². The lowest BCUT2D eigenvalue weighted by Crippen LogP contribution is -1.95. The number of hydrogen-bond acceptors (Lipinski definition) is 1. The van der Waals surface area contributed by atoms with E-state index in [2.05, 4.69) is 39.0 Å². The molecule has 1 nitrogen and oxygen atoms in total. The average molecular weight is 177 g/mol. The van der Waals surface area contributed by atoms with Crippen molar-refractivity contribution in [3.63, 3.8) is 0 Å². The molecule has 0 heterocycles. The summed E-state index contributed by atoms with van der Waals surface area (Å²) in [6, 6.07) is 6.33. The smallest absolute Gasteiger partial charge is 0.119 e. The van der Waals surface area contributed by atoms with Gasteiger partial charge >= 0.3 is 0 Å². The third-order valence-electron chi connectivity index (χ3n) is 1.94. The minimum absolute atomic E-state index is 0.728. The Hall–Kier alpha value is -0.980. The van der Waals surface area contributed by atoms with Crippen LogP contribution in [0.25, 0.3) is 0 Å². The highest BCUT2D eigenvalue weighted by molar-refractivity contribution is 5.39. The Morgan fingerprint density at radius 1 is 1.23 bits per heavy atom. The van der Waals surface area contributed by atoms with E-state index in [9.17, 15) is 0 Å². The molecule has 0 aromatic heterocycles. The number of aryl methyl sites for hydroxylation is 1. The molecule has 71 valence electrons. The molecule has 1 aromatic rings. The molecular weight excluding hydrogens is 160 g/mol. The van der Waals surface area contributed by atoms with Crippen molar-refractivity contribution in [3.8, 4) is 5.75 Å². The van der Waals surface area contributed by atoms with Crippen molar-refractivity contribution in [1.29, 1.82) is 0 Å². The second-order valence-electron chi connectivity index (χ2n) is 3.47. The molecule has 0 amide bonds. The Kier molecular flexibility index (Phi) is 3.35. The minimum atomic E-state index is 0.728. The summed E-state index contributed by atoms with van der Waals surface area (Å²) in [4.78, 5) is 0. The van der Waals surface area contributed by atoms with Crippen LogP contribution < -0.4 is 4.74 Å². The van der Waals surface area contributed by atoms with E-state index in [1.54, 1.807) is 0 Å². The third kappa shape index (κ3) is 2.76. The lowest BCUT2D eigenvalue weighted by atomic mass is 10.0. The highest BCUT2D eigenvalue weighted by atomic mass is 16.5. The molecule has 13 heavy (non-hydrogen) atoms. The van der Waals surface area contributed by atoms with Crippen molar-refractivity contribution in [3.05, 3.63) is 35.2 Å². The van der Waals surface area contributed by atoms with Crippen molar-refractivity contribution in [1.82, 2.24) is 0 Å². The highest BCUT2D eigenvalue weighted by Crippen LogP contribution is 2.22. The SMILES string of the molecule is CCOc1cc(C)cc([C](C)C)c1. The van der Waals surface area contributed by atoms with Gasteiger partial charge in [0.1, 0.15) is 5.75 Å². The Bertz CT molecular complexity index is 276. The van der Waals surface area contributed by atoms with Gasteiger partial charge < -0.3 is 4.74 Å². The second kappa shape index (κ2) is 4.31. The number of rotatable bonds is 3. The van der Waals surface area contributed by atoms with E-state index in [1.165, 1.54) is 17.0 Å². The van der Waals surface area contributed by atoms with E-state index in [1.807, 2.05) is 6.92 Å². The maximum absolute atomic E-state index is 5.46. The van der Waals surface area contributed by atoms with Crippen LogP contribution in [-0.2, 0) is 0 Å². The highest BCUT2D eigenvalue weighted by Gasteiger charge is 2.02. The molecule has 0 saturated carbocycles. The van der Waals surface area contributed by atoms with Gasteiger partial charge in [-0.05, 0) is 43.0 Å². The Morgan fingerprint density at radius 2 is 1.92 bits per heavy atom. The van der Waals surface area contributed by atoms with Crippen LogP contribution in [0.2, 0.25) is 0 Å². The first-order chi connectivity index (χ1) is 6.13. The van der Waals surface area contributed by atoms with Crippen LogP contribution in [0.15, 0.2) is 18.2 Å². The van der Waals surface area contributed by atoms with E-state index in [4.69, 9.17) is 4.74 Å². The van der Waals surface area contributed by atoms with E-state index in [-0.39, 0.29) is 0 Å². The van der Waals surface area contributed by atoms with Crippen molar-refractivity contribution in [2.45, 2.75) is 27.7 Å². The summed E-state index contributed by atoms with van der Waals surface area (Å²) in [7, 11) is 0. The zero-order chi connectivity index (χ0) is 9.84. The van der Waals surface area contributed by atoms with Gasteiger partial charge in [0, 0.05) is 0 Å².